The van der Waals surface area contributed by atoms with E-state index in [0.29, 0.717) is 0 Å². The third kappa shape index (κ3) is 3.72. The molecule has 0 saturated heterocycles. The molecule has 0 radical (unpaired) electrons. The molecule has 0 aliphatic heterocycles. The van der Waals surface area contributed by atoms with Gasteiger partial charge in [0, 0.05) is 22.7 Å². The summed E-state index contributed by atoms with van der Waals surface area (Å²) in [5.41, 5.74) is 1.69. The monoisotopic (exact) mass is 340 g/mol. The molecule has 1 aliphatic rings. The highest BCUT2D eigenvalue weighted by Crippen LogP contribution is 2.29. The van der Waals surface area contributed by atoms with E-state index in [9.17, 15) is 9.59 Å². The number of carboxylic acid groups (broad SMARTS) is 1. The van der Waals surface area contributed by atoms with Gasteiger partial charge in [0.05, 0.1) is 6.42 Å². The fourth-order valence-corrected chi connectivity index (χ4v) is 2.35. The van der Waals surface area contributed by atoms with Crippen LogP contribution in [0.5, 0.6) is 0 Å². The molecule has 0 atom stereocenters. The van der Waals surface area contributed by atoms with Crippen LogP contribution in [0.15, 0.2) is 22.7 Å². The molecule has 1 aromatic rings. The predicted octanol–water partition coefficient (Wildman–Crippen LogP) is 3.23. The number of benzene rings is 1. The quantitative estimate of drug-likeness (QED) is 0.864. The summed E-state index contributed by atoms with van der Waals surface area (Å²) in [6, 6.07) is 5.55. The molecule has 0 aromatic heterocycles. The first-order chi connectivity index (χ1) is 9.49. The molecular formula is C14H17BrN2O3. The number of amides is 2. The number of nitrogens with zero attached hydrogens (tertiary/aromatic N) is 1. The van der Waals surface area contributed by atoms with Crippen LogP contribution in [-0.2, 0) is 4.79 Å². The third-order valence-corrected chi connectivity index (χ3v) is 4.18. The maximum absolute atomic E-state index is 12.3. The van der Waals surface area contributed by atoms with Crippen molar-refractivity contribution in [2.24, 2.45) is 0 Å². The maximum atomic E-state index is 12.3. The summed E-state index contributed by atoms with van der Waals surface area (Å²) in [5, 5.41) is 11.6. The zero-order valence-corrected chi connectivity index (χ0v) is 12.8. The van der Waals surface area contributed by atoms with E-state index in [-0.39, 0.29) is 25.0 Å². The molecule has 6 heteroatoms. The van der Waals surface area contributed by atoms with Crippen molar-refractivity contribution in [3.05, 3.63) is 28.2 Å². The van der Waals surface area contributed by atoms with Crippen LogP contribution in [0.2, 0.25) is 0 Å². The lowest BCUT2D eigenvalue weighted by Gasteiger charge is -2.22. The van der Waals surface area contributed by atoms with Gasteiger partial charge in [0.25, 0.3) is 0 Å². The van der Waals surface area contributed by atoms with Gasteiger partial charge in [-0.1, -0.05) is 22.0 Å². The average Bonchev–Trinajstić information content (AvgIpc) is 3.19. The molecule has 1 saturated carbocycles. The maximum Gasteiger partial charge on any atom is 0.322 e. The minimum Gasteiger partial charge on any atom is -0.481 e. The second kappa shape index (κ2) is 6.26. The van der Waals surface area contributed by atoms with Crippen molar-refractivity contribution >= 4 is 33.6 Å². The second-order valence-electron chi connectivity index (χ2n) is 4.91. The van der Waals surface area contributed by atoms with Crippen molar-refractivity contribution in [1.82, 2.24) is 4.90 Å². The van der Waals surface area contributed by atoms with Crippen LogP contribution < -0.4 is 5.32 Å². The van der Waals surface area contributed by atoms with E-state index in [1.165, 1.54) is 0 Å². The molecule has 0 bridgehead atoms. The first-order valence-electron chi connectivity index (χ1n) is 6.53. The van der Waals surface area contributed by atoms with Crippen molar-refractivity contribution in [2.75, 3.05) is 11.9 Å². The lowest BCUT2D eigenvalue weighted by molar-refractivity contribution is -0.137. The van der Waals surface area contributed by atoms with Gasteiger partial charge in [0.2, 0.25) is 0 Å². The van der Waals surface area contributed by atoms with E-state index in [0.717, 1.165) is 28.6 Å². The Labute approximate surface area is 126 Å². The highest BCUT2D eigenvalue weighted by atomic mass is 79.9. The molecule has 1 aromatic carbocycles. The zero-order chi connectivity index (χ0) is 14.7. The number of carboxylic acids is 1. The third-order valence-electron chi connectivity index (χ3n) is 3.32. The number of halogens is 1. The number of rotatable bonds is 5. The SMILES string of the molecule is Cc1c(Br)cccc1NC(=O)N(CCC(=O)O)C1CC1. The van der Waals surface area contributed by atoms with E-state index in [1.54, 1.807) is 4.90 Å². The fourth-order valence-electron chi connectivity index (χ4n) is 1.98. The van der Waals surface area contributed by atoms with E-state index >= 15 is 0 Å². The lowest BCUT2D eigenvalue weighted by atomic mass is 10.2. The van der Waals surface area contributed by atoms with Crippen molar-refractivity contribution in [3.8, 4) is 0 Å². The van der Waals surface area contributed by atoms with Gasteiger partial charge < -0.3 is 15.3 Å². The van der Waals surface area contributed by atoms with E-state index < -0.39 is 5.97 Å². The van der Waals surface area contributed by atoms with Gasteiger partial charge >= 0.3 is 12.0 Å². The minimum atomic E-state index is -0.887. The molecule has 1 fully saturated rings. The number of urea groups is 1. The van der Waals surface area contributed by atoms with Crippen molar-refractivity contribution in [2.45, 2.75) is 32.2 Å². The molecule has 2 amide bonds. The van der Waals surface area contributed by atoms with E-state index in [2.05, 4.69) is 21.2 Å². The number of hydrogen-bond acceptors (Lipinski definition) is 2. The number of carbonyl (C=O) groups excluding carboxylic acids is 1. The van der Waals surface area contributed by atoms with Gasteiger partial charge in [-0.3, -0.25) is 4.79 Å². The molecule has 1 aliphatic carbocycles. The summed E-state index contributed by atoms with van der Waals surface area (Å²) in [7, 11) is 0. The van der Waals surface area contributed by atoms with Gasteiger partial charge in [-0.05, 0) is 37.5 Å². The highest BCUT2D eigenvalue weighted by Gasteiger charge is 2.32. The van der Waals surface area contributed by atoms with Gasteiger partial charge in [-0.2, -0.15) is 0 Å². The summed E-state index contributed by atoms with van der Waals surface area (Å²) in [5.74, 6) is -0.887. The molecular weight excluding hydrogens is 324 g/mol. The molecule has 0 heterocycles. The van der Waals surface area contributed by atoms with E-state index in [4.69, 9.17) is 5.11 Å². The Kier molecular flexibility index (Phi) is 4.65. The van der Waals surface area contributed by atoms with Crippen LogP contribution in [0, 0.1) is 6.92 Å². The Bertz CT molecular complexity index is 529. The molecule has 0 unspecified atom stereocenters. The van der Waals surface area contributed by atoms with Crippen LogP contribution in [0.3, 0.4) is 0 Å². The largest absolute Gasteiger partial charge is 0.481 e. The molecule has 5 nitrogen and oxygen atoms in total. The van der Waals surface area contributed by atoms with Crippen LogP contribution in [0.1, 0.15) is 24.8 Å². The highest BCUT2D eigenvalue weighted by molar-refractivity contribution is 9.10. The standard InChI is InChI=1S/C14H17BrN2O3/c1-9-11(15)3-2-4-12(9)16-14(20)17(10-5-6-10)8-7-13(18)19/h2-4,10H,5-8H2,1H3,(H,16,20)(H,18,19). The molecule has 108 valence electrons. The van der Waals surface area contributed by atoms with Crippen LogP contribution in [0.25, 0.3) is 0 Å². The Morgan fingerprint density at radius 2 is 2.15 bits per heavy atom. The second-order valence-corrected chi connectivity index (χ2v) is 5.77. The number of aliphatic carboxylic acids is 1. The Morgan fingerprint density at radius 3 is 2.75 bits per heavy atom. The number of anilines is 1. The Morgan fingerprint density at radius 1 is 1.45 bits per heavy atom. The summed E-state index contributed by atoms with van der Waals surface area (Å²) < 4.78 is 0.929. The Hall–Kier alpha value is -1.56. The smallest absolute Gasteiger partial charge is 0.322 e. The van der Waals surface area contributed by atoms with Gasteiger partial charge in [-0.25, -0.2) is 4.79 Å². The van der Waals surface area contributed by atoms with Gasteiger partial charge in [0.15, 0.2) is 0 Å². The topological polar surface area (TPSA) is 69.6 Å². The van der Waals surface area contributed by atoms with Crippen LogP contribution in [0.4, 0.5) is 10.5 Å². The molecule has 2 N–H and O–H groups in total. The number of carbonyl (C=O) groups is 2. The minimum absolute atomic E-state index is 0.0264. The first-order valence-corrected chi connectivity index (χ1v) is 7.33. The predicted molar refractivity (Wildman–Crippen MR) is 79.9 cm³/mol. The van der Waals surface area contributed by atoms with Crippen molar-refractivity contribution in [3.63, 3.8) is 0 Å². The first kappa shape index (κ1) is 14.8. The lowest BCUT2D eigenvalue weighted by Crippen LogP contribution is -2.38. The summed E-state index contributed by atoms with van der Waals surface area (Å²) in [4.78, 5) is 24.6. The zero-order valence-electron chi connectivity index (χ0n) is 11.2. The molecule has 20 heavy (non-hydrogen) atoms. The Balaban J connectivity index is 2.04. The normalized spacial score (nSPS) is 13.9. The van der Waals surface area contributed by atoms with Gasteiger partial charge in [0.1, 0.15) is 0 Å². The fraction of sp³-hybridized carbons (Fsp3) is 0.429. The molecule has 0 spiro atoms. The molecule has 2 rings (SSSR count). The van der Waals surface area contributed by atoms with E-state index in [1.807, 2.05) is 25.1 Å². The van der Waals surface area contributed by atoms with Crippen LogP contribution >= 0.6 is 15.9 Å². The number of nitrogens with one attached hydrogen (secondary N) is 1. The summed E-state index contributed by atoms with van der Waals surface area (Å²) in [6.45, 7) is 2.16. The van der Waals surface area contributed by atoms with Crippen molar-refractivity contribution in [1.29, 1.82) is 0 Å². The summed E-state index contributed by atoms with van der Waals surface area (Å²) >= 11 is 3.42. The average molecular weight is 341 g/mol. The van der Waals surface area contributed by atoms with Gasteiger partial charge in [-0.15, -0.1) is 0 Å². The number of hydrogen-bond donors (Lipinski definition) is 2. The van der Waals surface area contributed by atoms with Crippen LogP contribution in [-0.4, -0.2) is 34.6 Å². The summed E-state index contributed by atoms with van der Waals surface area (Å²) in [6.07, 6.45) is 1.87. The van der Waals surface area contributed by atoms with Crippen molar-refractivity contribution < 1.29 is 14.7 Å².